The van der Waals surface area contributed by atoms with Crippen molar-refractivity contribution in [1.82, 2.24) is 15.0 Å². The van der Waals surface area contributed by atoms with Gasteiger partial charge in [0.1, 0.15) is 6.54 Å². The lowest BCUT2D eigenvalue weighted by atomic mass is 10.2. The predicted molar refractivity (Wildman–Crippen MR) is 130 cm³/mol. The van der Waals surface area contributed by atoms with Gasteiger partial charge < -0.3 is 4.90 Å². The van der Waals surface area contributed by atoms with Gasteiger partial charge in [-0.1, -0.05) is 47.4 Å². The average Bonchev–Trinajstić information content (AvgIpc) is 3.19. The first-order valence-corrected chi connectivity index (χ1v) is 11.3. The molecule has 10 heteroatoms. The summed E-state index contributed by atoms with van der Waals surface area (Å²) in [6.07, 6.45) is 1.74. The van der Waals surface area contributed by atoms with Crippen molar-refractivity contribution in [2.24, 2.45) is 0 Å². The van der Waals surface area contributed by atoms with Gasteiger partial charge in [0.2, 0.25) is 0 Å². The number of hydrogen-bond donors (Lipinski definition) is 1. The molecule has 0 bridgehead atoms. The number of nitrogens with one attached hydrogen (secondary N) is 1. The lowest BCUT2D eigenvalue weighted by Crippen LogP contribution is -2.46. The highest BCUT2D eigenvalue weighted by Gasteiger charge is 2.33. The first-order valence-electron chi connectivity index (χ1n) is 9.26. The number of thioether (sulfide) groups is 1. The van der Waals surface area contributed by atoms with Gasteiger partial charge in [-0.25, -0.2) is 0 Å². The van der Waals surface area contributed by atoms with Crippen LogP contribution in [0.3, 0.4) is 0 Å². The summed E-state index contributed by atoms with van der Waals surface area (Å²) in [5.41, 5.74) is 5.11. The molecule has 1 N–H and O–H groups in total. The highest BCUT2D eigenvalue weighted by atomic mass is 32.2. The molecule has 0 spiro atoms. The van der Waals surface area contributed by atoms with Crippen LogP contribution in [0.2, 0.25) is 0 Å². The lowest BCUT2D eigenvalue weighted by Gasteiger charge is -2.15. The maximum absolute atomic E-state index is 12.8. The number of aromatic nitrogens is 1. The number of rotatable bonds is 5. The number of nitrogens with zero attached hydrogens (tertiary/aromatic N) is 3. The van der Waals surface area contributed by atoms with Gasteiger partial charge in [-0.15, -0.1) is 0 Å². The Morgan fingerprint density at radius 3 is 2.55 bits per heavy atom. The summed E-state index contributed by atoms with van der Waals surface area (Å²) in [6.45, 7) is -0.203. The van der Waals surface area contributed by atoms with Crippen LogP contribution in [0.1, 0.15) is 5.56 Å². The van der Waals surface area contributed by atoms with E-state index in [4.69, 9.17) is 12.2 Å². The molecule has 1 aromatic heterocycles. The maximum atomic E-state index is 12.8. The molecule has 3 aromatic rings. The van der Waals surface area contributed by atoms with Crippen LogP contribution < -0.4 is 15.2 Å². The van der Waals surface area contributed by atoms with Crippen molar-refractivity contribution in [2.75, 3.05) is 19.0 Å². The SMILES string of the molecule is CN(C)c1ccc(/C=C2\SC(=S)N(NC(=O)Cn3c(=O)sc4ccccc43)C2=O)cc1. The van der Waals surface area contributed by atoms with Crippen LogP contribution in [-0.2, 0) is 16.1 Å². The van der Waals surface area contributed by atoms with E-state index >= 15 is 0 Å². The number of amides is 2. The number of fused-ring (bicyclic) bond motifs is 1. The number of hydrogen-bond acceptors (Lipinski definition) is 7. The molecule has 0 saturated carbocycles. The van der Waals surface area contributed by atoms with Crippen LogP contribution in [0, 0.1) is 0 Å². The largest absolute Gasteiger partial charge is 0.378 e. The van der Waals surface area contributed by atoms with Crippen molar-refractivity contribution in [1.29, 1.82) is 0 Å². The van der Waals surface area contributed by atoms with E-state index in [1.807, 2.05) is 55.4 Å². The molecular formula is C21H18N4O3S3. The molecule has 0 unspecified atom stereocenters. The Balaban J connectivity index is 1.48. The summed E-state index contributed by atoms with van der Waals surface area (Å²) >= 11 is 7.47. The van der Waals surface area contributed by atoms with Gasteiger partial charge in [0.15, 0.2) is 4.32 Å². The number of hydrazine groups is 1. The van der Waals surface area contributed by atoms with Crippen molar-refractivity contribution >= 4 is 73.4 Å². The number of carbonyl (C=O) groups is 2. The lowest BCUT2D eigenvalue weighted by molar-refractivity contribution is -0.133. The Kier molecular flexibility index (Phi) is 5.94. The smallest absolute Gasteiger partial charge is 0.308 e. The highest BCUT2D eigenvalue weighted by molar-refractivity contribution is 8.26. The number of benzene rings is 2. The zero-order valence-electron chi connectivity index (χ0n) is 16.7. The molecule has 2 heterocycles. The van der Waals surface area contributed by atoms with Gasteiger partial charge in [-0.2, -0.15) is 5.01 Å². The third kappa shape index (κ3) is 4.41. The van der Waals surface area contributed by atoms with Crippen molar-refractivity contribution in [3.63, 3.8) is 0 Å². The molecule has 0 atom stereocenters. The van der Waals surface area contributed by atoms with E-state index in [0.717, 1.165) is 44.1 Å². The Morgan fingerprint density at radius 1 is 1.13 bits per heavy atom. The first-order chi connectivity index (χ1) is 14.8. The van der Waals surface area contributed by atoms with E-state index in [2.05, 4.69) is 5.43 Å². The summed E-state index contributed by atoms with van der Waals surface area (Å²) in [5.74, 6) is -0.902. The molecule has 0 aliphatic carbocycles. The van der Waals surface area contributed by atoms with Gasteiger partial charge in [-0.3, -0.25) is 24.4 Å². The first kappa shape index (κ1) is 21.3. The fraction of sp³-hybridized carbons (Fsp3) is 0.143. The summed E-state index contributed by atoms with van der Waals surface area (Å²) in [5, 5.41) is 1.06. The van der Waals surface area contributed by atoms with E-state index in [-0.39, 0.29) is 15.7 Å². The van der Waals surface area contributed by atoms with Crippen LogP contribution in [0.5, 0.6) is 0 Å². The second-order valence-electron chi connectivity index (χ2n) is 6.96. The minimum absolute atomic E-state index is 0.203. The number of para-hydroxylation sites is 1. The van der Waals surface area contributed by atoms with Crippen LogP contribution in [0.15, 0.2) is 58.2 Å². The molecule has 1 saturated heterocycles. The molecule has 0 radical (unpaired) electrons. The van der Waals surface area contributed by atoms with E-state index in [9.17, 15) is 14.4 Å². The van der Waals surface area contributed by atoms with Gasteiger partial charge in [-0.05, 0) is 48.1 Å². The molecular weight excluding hydrogens is 452 g/mol. The fourth-order valence-electron chi connectivity index (χ4n) is 3.05. The van der Waals surface area contributed by atoms with E-state index in [1.54, 1.807) is 18.2 Å². The molecule has 2 amide bonds. The molecule has 1 aliphatic heterocycles. The number of anilines is 1. The third-order valence-corrected chi connectivity index (χ3v) is 6.88. The molecule has 31 heavy (non-hydrogen) atoms. The fourth-order valence-corrected chi connectivity index (χ4v) is 5.12. The summed E-state index contributed by atoms with van der Waals surface area (Å²) in [7, 11) is 3.91. The standard InChI is InChI=1S/C21H18N4O3S3/c1-23(2)14-9-7-13(8-10-14)11-17-19(27)25(21(29)31-17)22-18(26)12-24-15-5-3-4-6-16(15)30-20(24)28/h3-11H,12H2,1-2H3,(H,22,26)/b17-11-. The van der Waals surface area contributed by atoms with Crippen molar-refractivity contribution < 1.29 is 9.59 Å². The molecule has 1 aliphatic rings. The predicted octanol–water partition coefficient (Wildman–Crippen LogP) is 3.06. The van der Waals surface area contributed by atoms with Crippen LogP contribution >= 0.6 is 35.3 Å². The Morgan fingerprint density at radius 2 is 1.84 bits per heavy atom. The Labute approximate surface area is 191 Å². The second-order valence-corrected chi connectivity index (χ2v) is 9.63. The second kappa shape index (κ2) is 8.66. The third-order valence-electron chi connectivity index (χ3n) is 4.61. The molecule has 4 rings (SSSR count). The maximum Gasteiger partial charge on any atom is 0.308 e. The molecule has 7 nitrogen and oxygen atoms in total. The zero-order chi connectivity index (χ0) is 22.1. The number of thiocarbonyl (C=S) groups is 1. The van der Waals surface area contributed by atoms with E-state index in [0.29, 0.717) is 10.4 Å². The summed E-state index contributed by atoms with van der Waals surface area (Å²) in [4.78, 5) is 39.8. The van der Waals surface area contributed by atoms with E-state index in [1.165, 1.54) is 4.57 Å². The Bertz CT molecular complexity index is 1280. The van der Waals surface area contributed by atoms with Crippen molar-refractivity contribution in [3.8, 4) is 0 Å². The van der Waals surface area contributed by atoms with E-state index < -0.39 is 11.8 Å². The number of thiazole rings is 1. The molecule has 1 fully saturated rings. The van der Waals surface area contributed by atoms with Crippen molar-refractivity contribution in [3.05, 3.63) is 68.7 Å². The van der Waals surface area contributed by atoms with Crippen molar-refractivity contribution in [2.45, 2.75) is 6.54 Å². The molecule has 2 aromatic carbocycles. The summed E-state index contributed by atoms with van der Waals surface area (Å²) < 4.78 is 2.42. The minimum Gasteiger partial charge on any atom is -0.378 e. The van der Waals surface area contributed by atoms with Crippen LogP contribution in [-0.4, -0.2) is 39.8 Å². The van der Waals surface area contributed by atoms with Crippen LogP contribution in [0.4, 0.5) is 5.69 Å². The Hall–Kier alpha value is -2.95. The summed E-state index contributed by atoms with van der Waals surface area (Å²) in [6, 6.07) is 15.0. The molecule has 158 valence electrons. The van der Waals surface area contributed by atoms with Gasteiger partial charge in [0.05, 0.1) is 15.1 Å². The van der Waals surface area contributed by atoms with Crippen LogP contribution in [0.25, 0.3) is 16.3 Å². The van der Waals surface area contributed by atoms with Gasteiger partial charge >= 0.3 is 4.87 Å². The average molecular weight is 471 g/mol. The normalized spacial score (nSPS) is 15.2. The minimum atomic E-state index is -0.501. The van der Waals surface area contributed by atoms with Gasteiger partial charge in [0.25, 0.3) is 11.8 Å². The topological polar surface area (TPSA) is 74.7 Å². The monoisotopic (exact) mass is 470 g/mol. The number of carbonyl (C=O) groups excluding carboxylic acids is 2. The zero-order valence-corrected chi connectivity index (χ0v) is 19.1. The van der Waals surface area contributed by atoms with Gasteiger partial charge in [0, 0.05) is 19.8 Å². The highest BCUT2D eigenvalue weighted by Crippen LogP contribution is 2.31. The quantitative estimate of drug-likeness (QED) is 0.456.